The Kier molecular flexibility index (Phi) is 4.08. The number of hydrogen-bond acceptors (Lipinski definition) is 3. The fourth-order valence-electron chi connectivity index (χ4n) is 2.03. The van der Waals surface area contributed by atoms with E-state index in [9.17, 15) is 4.79 Å². The molecule has 0 aliphatic heterocycles. The van der Waals surface area contributed by atoms with Crippen LogP contribution >= 0.6 is 0 Å². The predicted octanol–water partition coefficient (Wildman–Crippen LogP) is 2.85. The molecular weight excluding hydrogens is 254 g/mol. The van der Waals surface area contributed by atoms with Crippen molar-refractivity contribution in [2.24, 2.45) is 7.05 Å². The van der Waals surface area contributed by atoms with Gasteiger partial charge in [0.25, 0.3) is 0 Å². The topological polar surface area (TPSA) is 67.2 Å². The summed E-state index contributed by atoms with van der Waals surface area (Å²) in [5.74, 6) is -0.549. The molecule has 2 N–H and O–H groups in total. The van der Waals surface area contributed by atoms with E-state index in [0.717, 1.165) is 16.9 Å². The Balaban J connectivity index is 2.07. The number of nitrogens with zero attached hydrogens (tertiary/aromatic N) is 2. The molecule has 2 aromatic rings. The van der Waals surface area contributed by atoms with Gasteiger partial charge in [-0.3, -0.25) is 4.68 Å². The van der Waals surface area contributed by atoms with Crippen LogP contribution in [-0.4, -0.2) is 20.9 Å². The third kappa shape index (κ3) is 3.17. The van der Waals surface area contributed by atoms with Crippen molar-refractivity contribution in [2.45, 2.75) is 26.3 Å². The van der Waals surface area contributed by atoms with Gasteiger partial charge in [0.1, 0.15) is 0 Å². The first-order valence-electron chi connectivity index (χ1n) is 6.57. The van der Waals surface area contributed by atoms with Gasteiger partial charge in [-0.25, -0.2) is 4.79 Å². The summed E-state index contributed by atoms with van der Waals surface area (Å²) in [5, 5.41) is 16.6. The number of anilines is 1. The largest absolute Gasteiger partial charge is 0.478 e. The number of benzene rings is 1. The molecule has 1 aromatic heterocycles. The van der Waals surface area contributed by atoms with Crippen molar-refractivity contribution in [3.8, 4) is 0 Å². The number of rotatable bonds is 5. The van der Waals surface area contributed by atoms with Crippen molar-refractivity contribution in [2.75, 3.05) is 5.32 Å². The molecule has 1 aromatic carbocycles. The maximum atomic E-state index is 10.8. The van der Waals surface area contributed by atoms with Crippen LogP contribution in [-0.2, 0) is 13.6 Å². The number of nitrogens with one attached hydrogen (secondary N) is 1. The lowest BCUT2D eigenvalue weighted by atomic mass is 10.1. The van der Waals surface area contributed by atoms with Crippen LogP contribution in [0.2, 0.25) is 0 Å². The molecule has 0 saturated carbocycles. The average Bonchev–Trinajstić information content (AvgIpc) is 2.78. The summed E-state index contributed by atoms with van der Waals surface area (Å²) in [4.78, 5) is 10.8. The van der Waals surface area contributed by atoms with Crippen LogP contribution in [0.1, 0.15) is 41.4 Å². The summed E-state index contributed by atoms with van der Waals surface area (Å²) in [6.07, 6.45) is 1.96. The molecule has 0 fully saturated rings. The minimum atomic E-state index is -0.904. The van der Waals surface area contributed by atoms with Crippen LogP contribution in [0.4, 0.5) is 5.69 Å². The second-order valence-electron chi connectivity index (χ2n) is 5.11. The van der Waals surface area contributed by atoms with Crippen molar-refractivity contribution in [3.63, 3.8) is 0 Å². The van der Waals surface area contributed by atoms with Gasteiger partial charge in [-0.05, 0) is 23.6 Å². The van der Waals surface area contributed by atoms with E-state index in [0.29, 0.717) is 18.0 Å². The Morgan fingerprint density at radius 1 is 1.35 bits per heavy atom. The first-order chi connectivity index (χ1) is 9.47. The summed E-state index contributed by atoms with van der Waals surface area (Å²) >= 11 is 0. The molecule has 0 aliphatic rings. The van der Waals surface area contributed by atoms with Gasteiger partial charge in [0.15, 0.2) is 0 Å². The zero-order valence-corrected chi connectivity index (χ0v) is 11.9. The van der Waals surface area contributed by atoms with E-state index < -0.39 is 5.97 Å². The molecule has 0 atom stereocenters. The number of carboxylic acid groups (broad SMARTS) is 1. The SMILES string of the molecule is CC(C)c1nn(C)cc1NCc1ccc(C(=O)O)cc1. The lowest BCUT2D eigenvalue weighted by Gasteiger charge is -2.08. The Bertz CT molecular complexity index is 600. The molecule has 0 radical (unpaired) electrons. The fourth-order valence-corrected chi connectivity index (χ4v) is 2.03. The van der Waals surface area contributed by atoms with Crippen LogP contribution in [0.3, 0.4) is 0 Å². The number of carboxylic acids is 1. The second-order valence-corrected chi connectivity index (χ2v) is 5.11. The number of aromatic nitrogens is 2. The quantitative estimate of drug-likeness (QED) is 0.879. The summed E-state index contributed by atoms with van der Waals surface area (Å²) < 4.78 is 1.80. The maximum Gasteiger partial charge on any atom is 0.335 e. The highest BCUT2D eigenvalue weighted by Gasteiger charge is 2.11. The molecular formula is C15H19N3O2. The van der Waals surface area contributed by atoms with Crippen molar-refractivity contribution in [1.82, 2.24) is 9.78 Å². The highest BCUT2D eigenvalue weighted by atomic mass is 16.4. The van der Waals surface area contributed by atoms with Gasteiger partial charge in [-0.2, -0.15) is 5.10 Å². The van der Waals surface area contributed by atoms with Crippen LogP contribution < -0.4 is 5.32 Å². The molecule has 0 amide bonds. The lowest BCUT2D eigenvalue weighted by Crippen LogP contribution is -2.03. The van der Waals surface area contributed by atoms with Gasteiger partial charge in [-0.1, -0.05) is 26.0 Å². The number of carbonyl (C=O) groups is 1. The highest BCUT2D eigenvalue weighted by molar-refractivity contribution is 5.87. The zero-order valence-electron chi connectivity index (χ0n) is 11.9. The van der Waals surface area contributed by atoms with Gasteiger partial charge in [0, 0.05) is 19.8 Å². The normalized spacial score (nSPS) is 10.8. The predicted molar refractivity (Wildman–Crippen MR) is 78.0 cm³/mol. The maximum absolute atomic E-state index is 10.8. The molecule has 0 bridgehead atoms. The van der Waals surface area contributed by atoms with Crippen LogP contribution in [0.5, 0.6) is 0 Å². The molecule has 106 valence electrons. The minimum Gasteiger partial charge on any atom is -0.478 e. The molecule has 20 heavy (non-hydrogen) atoms. The van der Waals surface area contributed by atoms with Gasteiger partial charge in [0.05, 0.1) is 16.9 Å². The lowest BCUT2D eigenvalue weighted by molar-refractivity contribution is 0.0697. The van der Waals surface area contributed by atoms with Gasteiger partial charge < -0.3 is 10.4 Å². The molecule has 0 aliphatic carbocycles. The Hall–Kier alpha value is -2.30. The summed E-state index contributed by atoms with van der Waals surface area (Å²) in [6.45, 7) is 4.86. The molecule has 0 spiro atoms. The van der Waals surface area contributed by atoms with E-state index in [1.807, 2.05) is 25.4 Å². The average molecular weight is 273 g/mol. The molecule has 0 unspecified atom stereocenters. The van der Waals surface area contributed by atoms with Crippen molar-refractivity contribution in [1.29, 1.82) is 0 Å². The van der Waals surface area contributed by atoms with Gasteiger partial charge >= 0.3 is 5.97 Å². The smallest absolute Gasteiger partial charge is 0.335 e. The van der Waals surface area contributed by atoms with E-state index in [4.69, 9.17) is 5.11 Å². The standard InChI is InChI=1S/C15H19N3O2/c1-10(2)14-13(9-18(3)17-14)16-8-11-4-6-12(7-5-11)15(19)20/h4-7,9-10,16H,8H2,1-3H3,(H,19,20). The molecule has 5 nitrogen and oxygen atoms in total. The Morgan fingerprint density at radius 3 is 2.55 bits per heavy atom. The van der Waals surface area contributed by atoms with Crippen molar-refractivity contribution in [3.05, 3.63) is 47.3 Å². The number of hydrogen-bond donors (Lipinski definition) is 2. The fraction of sp³-hybridized carbons (Fsp3) is 0.333. The summed E-state index contributed by atoms with van der Waals surface area (Å²) in [5.41, 5.74) is 3.39. The molecule has 1 heterocycles. The van der Waals surface area contributed by atoms with Crippen LogP contribution in [0.15, 0.2) is 30.5 Å². The third-order valence-corrected chi connectivity index (χ3v) is 3.09. The second kappa shape index (κ2) is 5.77. The molecule has 5 heteroatoms. The van der Waals surface area contributed by atoms with E-state index >= 15 is 0 Å². The van der Waals surface area contributed by atoms with Crippen LogP contribution in [0, 0.1) is 0 Å². The minimum absolute atomic E-state index is 0.304. The third-order valence-electron chi connectivity index (χ3n) is 3.09. The summed E-state index contributed by atoms with van der Waals surface area (Å²) in [6, 6.07) is 6.88. The van der Waals surface area contributed by atoms with E-state index in [1.54, 1.807) is 16.8 Å². The van der Waals surface area contributed by atoms with E-state index in [-0.39, 0.29) is 0 Å². The van der Waals surface area contributed by atoms with Crippen LogP contribution in [0.25, 0.3) is 0 Å². The first kappa shape index (κ1) is 14.1. The van der Waals surface area contributed by atoms with Crippen molar-refractivity contribution >= 4 is 11.7 Å². The molecule has 0 saturated heterocycles. The van der Waals surface area contributed by atoms with Gasteiger partial charge in [-0.15, -0.1) is 0 Å². The first-order valence-corrected chi connectivity index (χ1v) is 6.57. The van der Waals surface area contributed by atoms with Crippen molar-refractivity contribution < 1.29 is 9.90 Å². The monoisotopic (exact) mass is 273 g/mol. The Morgan fingerprint density at radius 2 is 2.00 bits per heavy atom. The highest BCUT2D eigenvalue weighted by Crippen LogP contribution is 2.22. The number of aromatic carboxylic acids is 1. The zero-order chi connectivity index (χ0) is 14.7. The van der Waals surface area contributed by atoms with E-state index in [1.165, 1.54) is 0 Å². The van der Waals surface area contributed by atoms with E-state index in [2.05, 4.69) is 24.3 Å². The van der Waals surface area contributed by atoms with Gasteiger partial charge in [0.2, 0.25) is 0 Å². The number of aryl methyl sites for hydroxylation is 1. The Labute approximate surface area is 118 Å². The summed E-state index contributed by atoms with van der Waals surface area (Å²) in [7, 11) is 1.90. The molecule has 2 rings (SSSR count).